The summed E-state index contributed by atoms with van der Waals surface area (Å²) in [6.45, 7) is 7.21. The van der Waals surface area contributed by atoms with Crippen LogP contribution in [0.3, 0.4) is 0 Å². The SMILES string of the molecule is CCC(C)c1ccc(OCCCCC(C)(O)CN)cc1. The van der Waals surface area contributed by atoms with Crippen LogP contribution < -0.4 is 10.5 Å². The van der Waals surface area contributed by atoms with Crippen molar-refractivity contribution in [3.8, 4) is 5.75 Å². The molecular weight excluding hydrogens is 250 g/mol. The molecule has 0 bridgehead atoms. The van der Waals surface area contributed by atoms with E-state index in [-0.39, 0.29) is 0 Å². The van der Waals surface area contributed by atoms with E-state index in [0.717, 1.165) is 31.4 Å². The van der Waals surface area contributed by atoms with Crippen molar-refractivity contribution in [2.24, 2.45) is 5.73 Å². The molecule has 0 aliphatic heterocycles. The van der Waals surface area contributed by atoms with Crippen LogP contribution in [0.1, 0.15) is 57.9 Å². The van der Waals surface area contributed by atoms with Crippen LogP contribution in [0, 0.1) is 0 Å². The number of unbranched alkanes of at least 4 members (excludes halogenated alkanes) is 1. The van der Waals surface area contributed by atoms with Crippen molar-refractivity contribution < 1.29 is 9.84 Å². The standard InChI is InChI=1S/C17H29NO2/c1-4-14(2)15-7-9-16(10-8-15)20-12-6-5-11-17(3,19)13-18/h7-10,14,19H,4-6,11-13,18H2,1-3H3. The Balaban J connectivity index is 2.26. The summed E-state index contributed by atoms with van der Waals surface area (Å²) < 4.78 is 5.71. The second-order valence-corrected chi connectivity index (χ2v) is 5.88. The van der Waals surface area contributed by atoms with Gasteiger partial charge in [-0.25, -0.2) is 0 Å². The Morgan fingerprint density at radius 2 is 1.90 bits per heavy atom. The van der Waals surface area contributed by atoms with Crippen LogP contribution in [0.4, 0.5) is 0 Å². The molecule has 20 heavy (non-hydrogen) atoms. The predicted octanol–water partition coefficient (Wildman–Crippen LogP) is 3.46. The smallest absolute Gasteiger partial charge is 0.119 e. The zero-order valence-corrected chi connectivity index (χ0v) is 13.1. The third kappa shape index (κ3) is 5.93. The minimum absolute atomic E-state index is 0.310. The molecule has 3 nitrogen and oxygen atoms in total. The third-order valence-corrected chi connectivity index (χ3v) is 3.88. The minimum Gasteiger partial charge on any atom is -0.494 e. The number of hydrogen-bond donors (Lipinski definition) is 2. The van der Waals surface area contributed by atoms with E-state index in [0.29, 0.717) is 19.1 Å². The largest absolute Gasteiger partial charge is 0.494 e. The molecule has 0 aliphatic carbocycles. The predicted molar refractivity (Wildman–Crippen MR) is 84.2 cm³/mol. The highest BCUT2D eigenvalue weighted by Crippen LogP contribution is 2.21. The highest BCUT2D eigenvalue weighted by molar-refractivity contribution is 5.29. The van der Waals surface area contributed by atoms with Gasteiger partial charge in [0.05, 0.1) is 12.2 Å². The molecule has 0 saturated carbocycles. The Morgan fingerprint density at radius 1 is 1.25 bits per heavy atom. The van der Waals surface area contributed by atoms with Crippen LogP contribution in [0.5, 0.6) is 5.75 Å². The Hall–Kier alpha value is -1.06. The number of nitrogens with two attached hydrogens (primary N) is 1. The van der Waals surface area contributed by atoms with E-state index in [2.05, 4.69) is 26.0 Å². The summed E-state index contributed by atoms with van der Waals surface area (Å²) in [5.41, 5.74) is 6.10. The molecule has 2 unspecified atom stereocenters. The Labute approximate surface area is 123 Å². The van der Waals surface area contributed by atoms with Gasteiger partial charge in [0, 0.05) is 6.54 Å². The van der Waals surface area contributed by atoms with Gasteiger partial charge in [0.2, 0.25) is 0 Å². The van der Waals surface area contributed by atoms with Crippen molar-refractivity contribution in [2.45, 2.75) is 58.0 Å². The summed E-state index contributed by atoms with van der Waals surface area (Å²) in [4.78, 5) is 0. The van der Waals surface area contributed by atoms with E-state index in [1.54, 1.807) is 6.92 Å². The highest BCUT2D eigenvalue weighted by atomic mass is 16.5. The van der Waals surface area contributed by atoms with Crippen molar-refractivity contribution >= 4 is 0 Å². The first kappa shape index (κ1) is 17.0. The quantitative estimate of drug-likeness (QED) is 0.681. The van der Waals surface area contributed by atoms with E-state index in [4.69, 9.17) is 10.5 Å². The van der Waals surface area contributed by atoms with Gasteiger partial charge in [-0.2, -0.15) is 0 Å². The highest BCUT2D eigenvalue weighted by Gasteiger charge is 2.16. The minimum atomic E-state index is -0.738. The van der Waals surface area contributed by atoms with Crippen LogP contribution in [-0.4, -0.2) is 23.9 Å². The Morgan fingerprint density at radius 3 is 2.45 bits per heavy atom. The van der Waals surface area contributed by atoms with Crippen LogP contribution in [-0.2, 0) is 0 Å². The van der Waals surface area contributed by atoms with Gasteiger partial charge in [-0.1, -0.05) is 26.0 Å². The monoisotopic (exact) mass is 279 g/mol. The molecule has 3 N–H and O–H groups in total. The number of ether oxygens (including phenoxy) is 1. The first-order valence-corrected chi connectivity index (χ1v) is 7.63. The number of hydrogen-bond acceptors (Lipinski definition) is 3. The lowest BCUT2D eigenvalue weighted by Gasteiger charge is -2.20. The average molecular weight is 279 g/mol. The van der Waals surface area contributed by atoms with Crippen LogP contribution in [0.25, 0.3) is 0 Å². The molecule has 0 spiro atoms. The van der Waals surface area contributed by atoms with Gasteiger partial charge in [-0.05, 0) is 56.2 Å². The first-order valence-electron chi connectivity index (χ1n) is 7.63. The molecule has 0 heterocycles. The fourth-order valence-corrected chi connectivity index (χ4v) is 2.03. The number of benzene rings is 1. The number of rotatable bonds is 9. The molecule has 114 valence electrons. The molecule has 1 aromatic rings. The molecule has 0 aromatic heterocycles. The normalized spacial score (nSPS) is 15.7. The van der Waals surface area contributed by atoms with E-state index in [1.807, 2.05) is 12.1 Å². The molecule has 0 saturated heterocycles. The maximum atomic E-state index is 9.78. The van der Waals surface area contributed by atoms with Crippen LogP contribution in [0.2, 0.25) is 0 Å². The first-order chi connectivity index (χ1) is 9.48. The van der Waals surface area contributed by atoms with Crippen molar-refractivity contribution in [2.75, 3.05) is 13.2 Å². The summed E-state index contributed by atoms with van der Waals surface area (Å²) in [6, 6.07) is 8.36. The molecule has 3 heteroatoms. The Bertz CT molecular complexity index is 373. The van der Waals surface area contributed by atoms with Gasteiger partial charge >= 0.3 is 0 Å². The third-order valence-electron chi connectivity index (χ3n) is 3.88. The summed E-state index contributed by atoms with van der Waals surface area (Å²) >= 11 is 0. The van der Waals surface area contributed by atoms with E-state index >= 15 is 0 Å². The van der Waals surface area contributed by atoms with Crippen molar-refractivity contribution in [1.29, 1.82) is 0 Å². The average Bonchev–Trinajstić information content (AvgIpc) is 2.46. The van der Waals surface area contributed by atoms with E-state index in [1.165, 1.54) is 5.56 Å². The zero-order valence-electron chi connectivity index (χ0n) is 13.1. The van der Waals surface area contributed by atoms with Crippen LogP contribution >= 0.6 is 0 Å². The molecule has 0 fully saturated rings. The maximum Gasteiger partial charge on any atom is 0.119 e. The fraction of sp³-hybridized carbons (Fsp3) is 0.647. The summed E-state index contributed by atoms with van der Waals surface area (Å²) in [5.74, 6) is 1.52. The summed E-state index contributed by atoms with van der Waals surface area (Å²) in [5, 5.41) is 9.78. The lowest BCUT2D eigenvalue weighted by molar-refractivity contribution is 0.0562. The fourth-order valence-electron chi connectivity index (χ4n) is 2.03. The van der Waals surface area contributed by atoms with Gasteiger partial charge in [-0.3, -0.25) is 0 Å². The molecular formula is C17H29NO2. The molecule has 0 aliphatic rings. The van der Waals surface area contributed by atoms with Gasteiger partial charge in [-0.15, -0.1) is 0 Å². The van der Waals surface area contributed by atoms with Gasteiger partial charge in [0.25, 0.3) is 0 Å². The van der Waals surface area contributed by atoms with Crippen LogP contribution in [0.15, 0.2) is 24.3 Å². The maximum absolute atomic E-state index is 9.78. The Kier molecular flexibility index (Phi) is 7.03. The van der Waals surface area contributed by atoms with E-state index in [9.17, 15) is 5.11 Å². The second-order valence-electron chi connectivity index (χ2n) is 5.88. The molecule has 2 atom stereocenters. The lowest BCUT2D eigenvalue weighted by Crippen LogP contribution is -2.33. The van der Waals surface area contributed by atoms with Gasteiger partial charge in [0.15, 0.2) is 0 Å². The number of aliphatic hydroxyl groups is 1. The van der Waals surface area contributed by atoms with Gasteiger partial charge in [0.1, 0.15) is 5.75 Å². The van der Waals surface area contributed by atoms with Crippen molar-refractivity contribution in [3.05, 3.63) is 29.8 Å². The summed E-state index contributed by atoms with van der Waals surface area (Å²) in [6.07, 6.45) is 3.74. The molecule has 1 aromatic carbocycles. The van der Waals surface area contributed by atoms with Gasteiger partial charge < -0.3 is 15.6 Å². The summed E-state index contributed by atoms with van der Waals surface area (Å²) in [7, 11) is 0. The topological polar surface area (TPSA) is 55.5 Å². The van der Waals surface area contributed by atoms with E-state index < -0.39 is 5.60 Å². The zero-order chi connectivity index (χ0) is 15.0. The second kappa shape index (κ2) is 8.28. The van der Waals surface area contributed by atoms with Crippen molar-refractivity contribution in [1.82, 2.24) is 0 Å². The van der Waals surface area contributed by atoms with Crippen molar-refractivity contribution in [3.63, 3.8) is 0 Å². The molecule has 0 radical (unpaired) electrons. The molecule has 0 amide bonds. The lowest BCUT2D eigenvalue weighted by atomic mass is 9.99. The molecule has 1 rings (SSSR count).